The first-order valence-corrected chi connectivity index (χ1v) is 18.1. The molecule has 50 heavy (non-hydrogen) atoms. The van der Waals surface area contributed by atoms with Crippen LogP contribution in [0.15, 0.2) is 42.5 Å². The molecule has 3 heterocycles. The summed E-state index contributed by atoms with van der Waals surface area (Å²) >= 11 is 0. The third kappa shape index (κ3) is 9.37. The monoisotopic (exact) mass is 712 g/mol. The van der Waals surface area contributed by atoms with Gasteiger partial charge in [-0.25, -0.2) is 0 Å². The molecular formula is C39H57ClN4O6. The van der Waals surface area contributed by atoms with Crippen molar-refractivity contribution in [2.45, 2.75) is 96.9 Å². The lowest BCUT2D eigenvalue weighted by Gasteiger charge is -2.52. The first-order valence-electron chi connectivity index (χ1n) is 18.1. The van der Waals surface area contributed by atoms with E-state index in [2.05, 4.69) is 67.5 Å². The number of hydrogen-bond donors (Lipinski definition) is 3. The molecule has 0 bridgehead atoms. The molecule has 0 aromatic heterocycles. The molecule has 3 amide bonds. The van der Waals surface area contributed by atoms with E-state index in [-0.39, 0.29) is 41.5 Å². The van der Waals surface area contributed by atoms with Crippen molar-refractivity contribution >= 4 is 30.1 Å². The van der Waals surface area contributed by atoms with Gasteiger partial charge < -0.3 is 30.1 Å². The molecule has 3 saturated heterocycles. The van der Waals surface area contributed by atoms with Gasteiger partial charge in [0.15, 0.2) is 0 Å². The Morgan fingerprint density at radius 3 is 2.36 bits per heavy atom. The number of nitrogens with one attached hydrogen (secondary N) is 2. The van der Waals surface area contributed by atoms with Gasteiger partial charge in [-0.2, -0.15) is 0 Å². The summed E-state index contributed by atoms with van der Waals surface area (Å²) in [4.78, 5) is 44.6. The molecular weight excluding hydrogens is 656 g/mol. The van der Waals surface area contributed by atoms with E-state index < -0.39 is 17.7 Å². The number of piperidine rings is 1. The number of aliphatic hydroxyl groups excluding tert-OH is 1. The molecule has 2 atom stereocenters. The summed E-state index contributed by atoms with van der Waals surface area (Å²) in [7, 11) is 1.63. The predicted octanol–water partition coefficient (Wildman–Crippen LogP) is 4.73. The number of amides is 3. The molecule has 0 radical (unpaired) electrons. The summed E-state index contributed by atoms with van der Waals surface area (Å²) in [5, 5.41) is 17.2. The molecule has 10 nitrogen and oxygen atoms in total. The molecule has 1 spiro atoms. The van der Waals surface area contributed by atoms with E-state index in [9.17, 15) is 19.5 Å². The average Bonchev–Trinajstić information content (AvgIpc) is 3.10. The molecule has 3 N–H and O–H groups in total. The number of rotatable bonds is 12. The third-order valence-corrected chi connectivity index (χ3v) is 10.4. The van der Waals surface area contributed by atoms with Crippen molar-refractivity contribution in [1.82, 2.24) is 20.4 Å². The predicted molar refractivity (Wildman–Crippen MR) is 197 cm³/mol. The first-order chi connectivity index (χ1) is 23.4. The highest BCUT2D eigenvalue weighted by molar-refractivity contribution is 6.00. The van der Waals surface area contributed by atoms with Gasteiger partial charge in [0, 0.05) is 57.9 Å². The Bertz CT molecular complexity index is 1450. The molecule has 11 heteroatoms. The lowest BCUT2D eigenvalue weighted by Crippen LogP contribution is -2.75. The van der Waals surface area contributed by atoms with Crippen molar-refractivity contribution < 1.29 is 29.0 Å². The first kappa shape index (κ1) is 39.6. The van der Waals surface area contributed by atoms with Crippen LogP contribution in [0, 0.1) is 11.3 Å². The molecule has 3 aliphatic rings. The SMILES string of the molecule is CCCCN1C(=O)[C@@H](C(O)C2CCOCC2)NC(=O)C12CCN(Cc1ccc(Cc3ccc(C(=O)NCC(C)(C)C)cc3OC)cc1)CC2.Cl. The second kappa shape index (κ2) is 17.4. The van der Waals surface area contributed by atoms with Crippen LogP contribution in [0.5, 0.6) is 5.75 Å². The molecule has 1 unspecified atom stereocenters. The number of carbonyl (C=O) groups excluding carboxylic acids is 3. The molecule has 5 rings (SSSR count). The number of piperazine rings is 1. The van der Waals surface area contributed by atoms with Crippen LogP contribution in [0.4, 0.5) is 0 Å². The standard InChI is InChI=1S/C39H56N4O6.ClH/c1-6-7-18-43-36(46)33(34(44)29-14-21-49-22-15-29)41-37(47)39(43)16-19-42(20-17-39)25-28-10-8-27(9-11-28)23-30-12-13-31(24-32(30)48-5)35(45)40-26-38(2,3)4;/h8-13,24,29,33-34,44H,6-7,14-23,25-26H2,1-5H3,(H,40,45)(H,41,47);1H/t33-,34?;/m1./s1. The molecule has 2 aromatic rings. The van der Waals surface area contributed by atoms with Gasteiger partial charge >= 0.3 is 0 Å². The van der Waals surface area contributed by atoms with Crippen LogP contribution in [0.25, 0.3) is 0 Å². The van der Waals surface area contributed by atoms with Crippen molar-refractivity contribution in [2.24, 2.45) is 11.3 Å². The van der Waals surface area contributed by atoms with Gasteiger partial charge in [-0.15, -0.1) is 12.4 Å². The maximum Gasteiger partial charge on any atom is 0.251 e. The van der Waals surface area contributed by atoms with Gasteiger partial charge in [0.05, 0.1) is 13.2 Å². The van der Waals surface area contributed by atoms with Crippen molar-refractivity contribution in [3.63, 3.8) is 0 Å². The molecule has 3 aliphatic heterocycles. The lowest BCUT2D eigenvalue weighted by atomic mass is 9.79. The van der Waals surface area contributed by atoms with E-state index in [1.165, 1.54) is 5.56 Å². The number of ether oxygens (including phenoxy) is 2. The fourth-order valence-electron chi connectivity index (χ4n) is 7.34. The average molecular weight is 713 g/mol. The second-order valence-corrected chi connectivity index (χ2v) is 15.3. The van der Waals surface area contributed by atoms with E-state index in [1.807, 2.05) is 23.1 Å². The van der Waals surface area contributed by atoms with Crippen molar-refractivity contribution in [1.29, 1.82) is 0 Å². The van der Waals surface area contributed by atoms with Crippen LogP contribution in [0.3, 0.4) is 0 Å². The summed E-state index contributed by atoms with van der Waals surface area (Å²) in [5.41, 5.74) is 3.05. The summed E-state index contributed by atoms with van der Waals surface area (Å²) in [5.74, 6) is 0.254. The Balaban J connectivity index is 0.00000562. The van der Waals surface area contributed by atoms with E-state index in [0.717, 1.165) is 30.5 Å². The zero-order valence-corrected chi connectivity index (χ0v) is 31.3. The largest absolute Gasteiger partial charge is 0.496 e. The van der Waals surface area contributed by atoms with Crippen molar-refractivity contribution in [3.05, 3.63) is 64.7 Å². The third-order valence-electron chi connectivity index (χ3n) is 10.4. The number of halogens is 1. The Morgan fingerprint density at radius 2 is 1.74 bits per heavy atom. The van der Waals surface area contributed by atoms with Gasteiger partial charge in [0.1, 0.15) is 17.3 Å². The molecule has 2 aromatic carbocycles. The fraction of sp³-hybridized carbons (Fsp3) is 0.615. The number of carbonyl (C=O) groups is 3. The highest BCUT2D eigenvalue weighted by atomic mass is 35.5. The Labute approximate surface area is 304 Å². The number of methoxy groups -OCH3 is 1. The fourth-order valence-corrected chi connectivity index (χ4v) is 7.34. The van der Waals surface area contributed by atoms with Crippen molar-refractivity contribution in [2.75, 3.05) is 46.5 Å². The van der Waals surface area contributed by atoms with Crippen LogP contribution in [-0.4, -0.2) is 96.8 Å². The zero-order chi connectivity index (χ0) is 35.2. The van der Waals surface area contributed by atoms with Crippen LogP contribution in [0.2, 0.25) is 0 Å². The van der Waals surface area contributed by atoms with Gasteiger partial charge in [0.2, 0.25) is 11.8 Å². The quantitative estimate of drug-likeness (QED) is 0.291. The summed E-state index contributed by atoms with van der Waals surface area (Å²) in [6.45, 7) is 12.8. The highest BCUT2D eigenvalue weighted by Gasteiger charge is 2.55. The van der Waals surface area contributed by atoms with E-state index in [4.69, 9.17) is 9.47 Å². The van der Waals surface area contributed by atoms with Gasteiger partial charge in [-0.3, -0.25) is 19.3 Å². The number of nitrogens with zero attached hydrogens (tertiary/aromatic N) is 2. The topological polar surface area (TPSA) is 120 Å². The van der Waals surface area contributed by atoms with E-state index >= 15 is 0 Å². The smallest absolute Gasteiger partial charge is 0.251 e. The second-order valence-electron chi connectivity index (χ2n) is 15.3. The minimum atomic E-state index is -0.907. The van der Waals surface area contributed by atoms with Crippen molar-refractivity contribution in [3.8, 4) is 5.75 Å². The summed E-state index contributed by atoms with van der Waals surface area (Å²) < 4.78 is 11.1. The number of hydrogen-bond acceptors (Lipinski definition) is 7. The molecule has 276 valence electrons. The summed E-state index contributed by atoms with van der Waals surface area (Å²) in [6, 6.07) is 13.3. The highest BCUT2D eigenvalue weighted by Crippen LogP contribution is 2.36. The number of aliphatic hydroxyl groups is 1. The van der Waals surface area contributed by atoms with Gasteiger partial charge in [0.25, 0.3) is 5.91 Å². The van der Waals surface area contributed by atoms with Crippen LogP contribution >= 0.6 is 12.4 Å². The number of likely N-dealkylation sites (tertiary alicyclic amines) is 1. The van der Waals surface area contributed by atoms with E-state index in [1.54, 1.807) is 7.11 Å². The van der Waals surface area contributed by atoms with Crippen LogP contribution < -0.4 is 15.4 Å². The Hall–Kier alpha value is -3.18. The van der Waals surface area contributed by atoms with Gasteiger partial charge in [-0.05, 0) is 72.3 Å². The minimum absolute atomic E-state index is 0. The summed E-state index contributed by atoms with van der Waals surface area (Å²) in [6.07, 6.45) is 4.03. The molecule has 0 aliphatic carbocycles. The Morgan fingerprint density at radius 1 is 1.08 bits per heavy atom. The lowest BCUT2D eigenvalue weighted by molar-refractivity contribution is -0.166. The normalized spacial score (nSPS) is 20.6. The maximum absolute atomic E-state index is 13.9. The van der Waals surface area contributed by atoms with Crippen LogP contribution in [-0.2, 0) is 27.3 Å². The molecule has 3 fully saturated rings. The van der Waals surface area contributed by atoms with E-state index in [0.29, 0.717) is 82.8 Å². The number of benzene rings is 2. The minimum Gasteiger partial charge on any atom is -0.496 e. The molecule has 0 saturated carbocycles. The van der Waals surface area contributed by atoms with Gasteiger partial charge in [-0.1, -0.05) is 64.4 Å². The number of unbranched alkanes of at least 4 members (excludes halogenated alkanes) is 1. The maximum atomic E-state index is 13.9. The zero-order valence-electron chi connectivity index (χ0n) is 30.5. The Kier molecular flexibility index (Phi) is 13.7. The van der Waals surface area contributed by atoms with Crippen LogP contribution in [0.1, 0.15) is 93.3 Å².